The Balaban J connectivity index is 3.23. The van der Waals surface area contributed by atoms with E-state index in [1.54, 1.807) is 0 Å². The van der Waals surface area contributed by atoms with Crippen molar-refractivity contribution in [3.8, 4) is 0 Å². The molecular weight excluding hydrogens is 158 g/mol. The molecule has 0 fully saturated rings. The van der Waals surface area contributed by atoms with Gasteiger partial charge in [0, 0.05) is 11.9 Å². The Morgan fingerprint density at radius 3 is 2.31 bits per heavy atom. The van der Waals surface area contributed by atoms with E-state index in [2.05, 4.69) is 39.6 Å². The monoisotopic (exact) mass is 177 g/mol. The molecule has 0 unspecified atom stereocenters. The summed E-state index contributed by atoms with van der Waals surface area (Å²) in [5.41, 5.74) is 5.41. The zero-order chi connectivity index (χ0) is 10.0. The molecular formula is C12H19N. The van der Waals surface area contributed by atoms with Gasteiger partial charge in [-0.05, 0) is 42.9 Å². The van der Waals surface area contributed by atoms with Crippen LogP contribution in [0.1, 0.15) is 49.1 Å². The van der Waals surface area contributed by atoms with Gasteiger partial charge in [0.1, 0.15) is 0 Å². The van der Waals surface area contributed by atoms with Crippen LogP contribution < -0.4 is 0 Å². The Labute approximate surface area is 81.2 Å². The Hall–Kier alpha value is -0.850. The zero-order valence-corrected chi connectivity index (χ0v) is 9.31. The van der Waals surface area contributed by atoms with Crippen molar-refractivity contribution in [1.29, 1.82) is 0 Å². The van der Waals surface area contributed by atoms with E-state index in [1.807, 2.05) is 6.20 Å². The highest BCUT2D eigenvalue weighted by atomic mass is 14.7. The molecule has 1 rings (SSSR count). The third-order valence-electron chi connectivity index (χ3n) is 2.72. The second-order valence-electron chi connectivity index (χ2n) is 3.93. The lowest BCUT2D eigenvalue weighted by atomic mass is 9.97. The van der Waals surface area contributed by atoms with Gasteiger partial charge in [-0.25, -0.2) is 0 Å². The van der Waals surface area contributed by atoms with Gasteiger partial charge in [0.25, 0.3) is 0 Å². The van der Waals surface area contributed by atoms with Gasteiger partial charge in [0.2, 0.25) is 0 Å². The van der Waals surface area contributed by atoms with Crippen LogP contribution in [0.2, 0.25) is 0 Å². The Kier molecular flexibility index (Phi) is 3.07. The average molecular weight is 177 g/mol. The van der Waals surface area contributed by atoms with Crippen LogP contribution in [-0.2, 0) is 6.42 Å². The van der Waals surface area contributed by atoms with E-state index < -0.39 is 0 Å². The molecule has 72 valence electrons. The first-order valence-electron chi connectivity index (χ1n) is 5.02. The summed E-state index contributed by atoms with van der Waals surface area (Å²) < 4.78 is 0. The van der Waals surface area contributed by atoms with Crippen molar-refractivity contribution in [3.05, 3.63) is 28.6 Å². The summed E-state index contributed by atoms with van der Waals surface area (Å²) in [4.78, 5) is 4.51. The van der Waals surface area contributed by atoms with Crippen molar-refractivity contribution in [2.24, 2.45) is 0 Å². The molecule has 0 aliphatic rings. The van der Waals surface area contributed by atoms with Crippen LogP contribution in [0.4, 0.5) is 0 Å². The van der Waals surface area contributed by atoms with Gasteiger partial charge in [0.15, 0.2) is 0 Å². The largest absolute Gasteiger partial charge is 0.260 e. The van der Waals surface area contributed by atoms with Crippen molar-refractivity contribution in [3.63, 3.8) is 0 Å². The highest BCUT2D eigenvalue weighted by Crippen LogP contribution is 2.21. The summed E-state index contributed by atoms with van der Waals surface area (Å²) >= 11 is 0. The molecule has 1 heteroatoms. The fraction of sp³-hybridized carbons (Fsp3) is 0.583. The van der Waals surface area contributed by atoms with E-state index in [0.717, 1.165) is 6.42 Å². The predicted octanol–water partition coefficient (Wildman–Crippen LogP) is 3.38. The lowest BCUT2D eigenvalue weighted by molar-refractivity contribution is 0.802. The molecule has 1 aromatic heterocycles. The number of rotatable bonds is 2. The van der Waals surface area contributed by atoms with Crippen LogP contribution in [0, 0.1) is 13.8 Å². The number of hydrogen-bond acceptors (Lipinski definition) is 1. The Bertz CT molecular complexity index is 300. The van der Waals surface area contributed by atoms with Gasteiger partial charge in [-0.3, -0.25) is 4.98 Å². The predicted molar refractivity (Wildman–Crippen MR) is 57.2 cm³/mol. The number of nitrogens with zero attached hydrogens (tertiary/aromatic N) is 1. The van der Waals surface area contributed by atoms with Crippen LogP contribution in [-0.4, -0.2) is 4.98 Å². The molecule has 0 spiro atoms. The van der Waals surface area contributed by atoms with Crippen molar-refractivity contribution in [2.75, 3.05) is 0 Å². The maximum Gasteiger partial charge on any atom is 0.0460 e. The Morgan fingerprint density at radius 1 is 1.23 bits per heavy atom. The number of hydrogen-bond donors (Lipinski definition) is 0. The first kappa shape index (κ1) is 10.2. The molecule has 0 N–H and O–H groups in total. The first-order valence-corrected chi connectivity index (χ1v) is 5.02. The zero-order valence-electron chi connectivity index (χ0n) is 9.31. The van der Waals surface area contributed by atoms with Crippen molar-refractivity contribution in [2.45, 2.75) is 47.0 Å². The van der Waals surface area contributed by atoms with Crippen LogP contribution >= 0.6 is 0 Å². The van der Waals surface area contributed by atoms with E-state index >= 15 is 0 Å². The van der Waals surface area contributed by atoms with Crippen LogP contribution in [0.25, 0.3) is 0 Å². The summed E-state index contributed by atoms with van der Waals surface area (Å²) in [6.45, 7) is 10.9. The van der Waals surface area contributed by atoms with Crippen molar-refractivity contribution >= 4 is 0 Å². The normalized spacial score (nSPS) is 10.9. The molecule has 0 saturated carbocycles. The Morgan fingerprint density at radius 2 is 1.85 bits per heavy atom. The third kappa shape index (κ3) is 1.90. The second kappa shape index (κ2) is 3.91. The standard InChI is InChI=1S/C12H19N/c1-6-11-7-13-12(8(2)3)10(5)9(11)4/h7-8H,6H2,1-5H3. The highest BCUT2D eigenvalue weighted by molar-refractivity contribution is 5.35. The van der Waals surface area contributed by atoms with Crippen LogP contribution in [0.15, 0.2) is 6.20 Å². The molecule has 13 heavy (non-hydrogen) atoms. The molecule has 1 nitrogen and oxygen atoms in total. The lowest BCUT2D eigenvalue weighted by Crippen LogP contribution is -2.01. The molecule has 1 aromatic rings. The van der Waals surface area contributed by atoms with Gasteiger partial charge in [-0.15, -0.1) is 0 Å². The van der Waals surface area contributed by atoms with Gasteiger partial charge in [0.05, 0.1) is 0 Å². The quantitative estimate of drug-likeness (QED) is 0.674. The van der Waals surface area contributed by atoms with Gasteiger partial charge in [-0.2, -0.15) is 0 Å². The molecule has 0 aliphatic heterocycles. The molecule has 0 radical (unpaired) electrons. The summed E-state index contributed by atoms with van der Waals surface area (Å²) in [6.07, 6.45) is 3.11. The maximum absolute atomic E-state index is 4.51. The average Bonchev–Trinajstić information content (AvgIpc) is 2.09. The van der Waals surface area contributed by atoms with E-state index in [0.29, 0.717) is 5.92 Å². The molecule has 0 saturated heterocycles. The molecule has 0 amide bonds. The van der Waals surface area contributed by atoms with Crippen molar-refractivity contribution in [1.82, 2.24) is 4.98 Å². The second-order valence-corrected chi connectivity index (χ2v) is 3.93. The van der Waals surface area contributed by atoms with E-state index in [9.17, 15) is 0 Å². The first-order chi connectivity index (χ1) is 6.07. The number of pyridine rings is 1. The summed E-state index contributed by atoms with van der Waals surface area (Å²) in [5, 5.41) is 0. The minimum Gasteiger partial charge on any atom is -0.260 e. The topological polar surface area (TPSA) is 12.9 Å². The maximum atomic E-state index is 4.51. The third-order valence-corrected chi connectivity index (χ3v) is 2.72. The van der Waals surface area contributed by atoms with Crippen molar-refractivity contribution < 1.29 is 0 Å². The van der Waals surface area contributed by atoms with Gasteiger partial charge in [-0.1, -0.05) is 20.8 Å². The van der Waals surface area contributed by atoms with Crippen LogP contribution in [0.3, 0.4) is 0 Å². The van der Waals surface area contributed by atoms with E-state index in [4.69, 9.17) is 0 Å². The lowest BCUT2D eigenvalue weighted by Gasteiger charge is -2.13. The van der Waals surface area contributed by atoms with Gasteiger partial charge < -0.3 is 0 Å². The van der Waals surface area contributed by atoms with Gasteiger partial charge >= 0.3 is 0 Å². The molecule has 0 aliphatic carbocycles. The highest BCUT2D eigenvalue weighted by Gasteiger charge is 2.08. The molecule has 0 aromatic carbocycles. The van der Waals surface area contributed by atoms with E-state index in [-0.39, 0.29) is 0 Å². The van der Waals surface area contributed by atoms with Crippen LogP contribution in [0.5, 0.6) is 0 Å². The SMILES string of the molecule is CCc1cnc(C(C)C)c(C)c1C. The summed E-state index contributed by atoms with van der Waals surface area (Å²) in [6, 6.07) is 0. The fourth-order valence-corrected chi connectivity index (χ4v) is 1.71. The fourth-order valence-electron chi connectivity index (χ4n) is 1.71. The molecule has 0 atom stereocenters. The molecule has 0 bridgehead atoms. The van der Waals surface area contributed by atoms with E-state index in [1.165, 1.54) is 22.4 Å². The smallest absolute Gasteiger partial charge is 0.0460 e. The number of aryl methyl sites for hydroxylation is 1. The summed E-state index contributed by atoms with van der Waals surface area (Å²) in [5.74, 6) is 0.532. The minimum atomic E-state index is 0.532. The minimum absolute atomic E-state index is 0.532. The molecule has 1 heterocycles. The summed E-state index contributed by atoms with van der Waals surface area (Å²) in [7, 11) is 0. The number of aromatic nitrogens is 1.